The van der Waals surface area contributed by atoms with Crippen LogP contribution in [0.15, 0.2) is 18.2 Å². The van der Waals surface area contributed by atoms with E-state index in [4.69, 9.17) is 4.74 Å². The molecule has 0 spiro atoms. The molecule has 14 heavy (non-hydrogen) atoms. The van der Waals surface area contributed by atoms with E-state index < -0.39 is 0 Å². The Kier molecular flexibility index (Phi) is 2.28. The molecular weight excluding hydrogens is 176 g/mol. The summed E-state index contributed by atoms with van der Waals surface area (Å²) in [5.41, 5.74) is 2.01. The monoisotopic (exact) mass is 190 g/mol. The maximum Gasteiger partial charge on any atom is 0.165 e. The molecule has 0 saturated heterocycles. The van der Waals surface area contributed by atoms with Crippen LogP contribution < -0.4 is 4.74 Å². The number of Topliss-reactive ketones (excluding diaryl/α,β-unsaturated/α-hetero) is 1. The Hall–Kier alpha value is -1.31. The first-order chi connectivity index (χ1) is 6.72. The van der Waals surface area contributed by atoms with Crippen LogP contribution in [0.4, 0.5) is 0 Å². The largest absolute Gasteiger partial charge is 0.497 e. The third-order valence-electron chi connectivity index (χ3n) is 2.87. The molecule has 0 aliphatic heterocycles. The van der Waals surface area contributed by atoms with E-state index in [-0.39, 0.29) is 11.7 Å². The standard InChI is InChI=1S/C12H14O2/c1-8-3-4-9-7-10(14-2)5-6-11(9)12(8)13/h5-8H,3-4H2,1-2H3. The van der Waals surface area contributed by atoms with Crippen LogP contribution in [0.2, 0.25) is 0 Å². The van der Waals surface area contributed by atoms with Crippen molar-refractivity contribution in [3.8, 4) is 5.75 Å². The average Bonchev–Trinajstić information content (AvgIpc) is 2.23. The average molecular weight is 190 g/mol. The molecule has 0 amide bonds. The second-order valence-electron chi connectivity index (χ2n) is 3.83. The highest BCUT2D eigenvalue weighted by Crippen LogP contribution is 2.28. The number of rotatable bonds is 1. The van der Waals surface area contributed by atoms with E-state index in [1.807, 2.05) is 25.1 Å². The molecule has 0 heterocycles. The number of methoxy groups -OCH3 is 1. The number of hydrogen-bond acceptors (Lipinski definition) is 2. The van der Waals surface area contributed by atoms with Crippen LogP contribution in [0, 0.1) is 5.92 Å². The summed E-state index contributed by atoms with van der Waals surface area (Å²) in [5.74, 6) is 1.29. The molecule has 1 aliphatic carbocycles. The van der Waals surface area contributed by atoms with Gasteiger partial charge in [0.15, 0.2) is 5.78 Å². The van der Waals surface area contributed by atoms with Crippen LogP contribution in [-0.4, -0.2) is 12.9 Å². The summed E-state index contributed by atoms with van der Waals surface area (Å²) in [7, 11) is 1.65. The van der Waals surface area contributed by atoms with Crippen molar-refractivity contribution in [3.05, 3.63) is 29.3 Å². The maximum absolute atomic E-state index is 11.8. The van der Waals surface area contributed by atoms with Gasteiger partial charge in [-0.2, -0.15) is 0 Å². The first-order valence-corrected chi connectivity index (χ1v) is 4.93. The molecule has 2 heteroatoms. The lowest BCUT2D eigenvalue weighted by Crippen LogP contribution is -2.19. The molecule has 0 N–H and O–H groups in total. The SMILES string of the molecule is COc1ccc2c(c1)CCC(C)C2=O. The summed E-state index contributed by atoms with van der Waals surface area (Å²) in [5, 5.41) is 0. The third-order valence-corrected chi connectivity index (χ3v) is 2.87. The van der Waals surface area contributed by atoms with Crippen molar-refractivity contribution in [2.24, 2.45) is 5.92 Å². The normalized spacial score (nSPS) is 20.4. The second-order valence-corrected chi connectivity index (χ2v) is 3.83. The number of aryl methyl sites for hydroxylation is 1. The van der Waals surface area contributed by atoms with Crippen molar-refractivity contribution >= 4 is 5.78 Å². The van der Waals surface area contributed by atoms with E-state index in [1.165, 1.54) is 0 Å². The molecule has 0 radical (unpaired) electrons. The van der Waals surface area contributed by atoms with E-state index in [0.717, 1.165) is 29.7 Å². The summed E-state index contributed by atoms with van der Waals surface area (Å²) in [6.45, 7) is 2.00. The van der Waals surface area contributed by atoms with Crippen molar-refractivity contribution in [2.75, 3.05) is 7.11 Å². The Balaban J connectivity index is 2.44. The molecule has 2 nitrogen and oxygen atoms in total. The zero-order valence-corrected chi connectivity index (χ0v) is 8.54. The van der Waals surface area contributed by atoms with E-state index in [2.05, 4.69) is 0 Å². The van der Waals surface area contributed by atoms with Crippen molar-refractivity contribution < 1.29 is 9.53 Å². The number of hydrogen-bond donors (Lipinski definition) is 0. The molecule has 0 aromatic heterocycles. The fraction of sp³-hybridized carbons (Fsp3) is 0.417. The number of carbonyl (C=O) groups is 1. The fourth-order valence-electron chi connectivity index (χ4n) is 1.91. The van der Waals surface area contributed by atoms with Gasteiger partial charge in [0.05, 0.1) is 7.11 Å². The third kappa shape index (κ3) is 1.41. The molecule has 0 bridgehead atoms. The summed E-state index contributed by atoms with van der Waals surface area (Å²) < 4.78 is 5.13. The molecule has 74 valence electrons. The van der Waals surface area contributed by atoms with Gasteiger partial charge in [-0.15, -0.1) is 0 Å². The Morgan fingerprint density at radius 2 is 2.21 bits per heavy atom. The predicted octanol–water partition coefficient (Wildman–Crippen LogP) is 2.46. The highest BCUT2D eigenvalue weighted by molar-refractivity contribution is 6.00. The van der Waals surface area contributed by atoms with Gasteiger partial charge in [0.2, 0.25) is 0 Å². The lowest BCUT2D eigenvalue weighted by atomic mass is 9.84. The van der Waals surface area contributed by atoms with Crippen molar-refractivity contribution in [2.45, 2.75) is 19.8 Å². The summed E-state index contributed by atoms with van der Waals surface area (Å²) in [6, 6.07) is 5.71. The maximum atomic E-state index is 11.8. The number of fused-ring (bicyclic) bond motifs is 1. The highest BCUT2D eigenvalue weighted by Gasteiger charge is 2.23. The Morgan fingerprint density at radius 3 is 2.93 bits per heavy atom. The smallest absolute Gasteiger partial charge is 0.165 e. The van der Waals surface area contributed by atoms with E-state index in [0.29, 0.717) is 0 Å². The number of benzene rings is 1. The lowest BCUT2D eigenvalue weighted by molar-refractivity contribution is 0.0913. The van der Waals surface area contributed by atoms with Crippen LogP contribution in [0.3, 0.4) is 0 Å². The van der Waals surface area contributed by atoms with Gasteiger partial charge in [-0.05, 0) is 36.6 Å². The van der Waals surface area contributed by atoms with Gasteiger partial charge >= 0.3 is 0 Å². The van der Waals surface area contributed by atoms with Crippen molar-refractivity contribution in [1.82, 2.24) is 0 Å². The molecule has 1 aromatic rings. The first-order valence-electron chi connectivity index (χ1n) is 4.93. The predicted molar refractivity (Wildman–Crippen MR) is 54.8 cm³/mol. The Labute approximate surface area is 83.9 Å². The Morgan fingerprint density at radius 1 is 1.43 bits per heavy atom. The second kappa shape index (κ2) is 3.45. The van der Waals surface area contributed by atoms with E-state index in [1.54, 1.807) is 7.11 Å². The zero-order chi connectivity index (χ0) is 10.1. The minimum Gasteiger partial charge on any atom is -0.497 e. The number of carbonyl (C=O) groups excluding carboxylic acids is 1. The van der Waals surface area contributed by atoms with Crippen LogP contribution in [0.5, 0.6) is 5.75 Å². The molecule has 1 aromatic carbocycles. The summed E-state index contributed by atoms with van der Waals surface area (Å²) >= 11 is 0. The molecular formula is C12H14O2. The lowest BCUT2D eigenvalue weighted by Gasteiger charge is -2.20. The molecule has 1 atom stereocenters. The van der Waals surface area contributed by atoms with Gasteiger partial charge in [-0.1, -0.05) is 6.92 Å². The molecule has 2 rings (SSSR count). The summed E-state index contributed by atoms with van der Waals surface area (Å²) in [6.07, 6.45) is 1.94. The minimum absolute atomic E-state index is 0.177. The van der Waals surface area contributed by atoms with Crippen LogP contribution in [0.25, 0.3) is 0 Å². The Bertz CT molecular complexity index is 369. The van der Waals surface area contributed by atoms with Crippen molar-refractivity contribution in [1.29, 1.82) is 0 Å². The van der Waals surface area contributed by atoms with E-state index in [9.17, 15) is 4.79 Å². The van der Waals surface area contributed by atoms with Gasteiger partial charge in [0.25, 0.3) is 0 Å². The van der Waals surface area contributed by atoms with Crippen LogP contribution in [-0.2, 0) is 6.42 Å². The molecule has 1 unspecified atom stereocenters. The van der Waals surface area contributed by atoms with Crippen LogP contribution >= 0.6 is 0 Å². The highest BCUT2D eigenvalue weighted by atomic mass is 16.5. The summed E-state index contributed by atoms with van der Waals surface area (Å²) in [4.78, 5) is 11.8. The molecule has 1 aliphatic rings. The molecule has 0 saturated carbocycles. The zero-order valence-electron chi connectivity index (χ0n) is 8.54. The quantitative estimate of drug-likeness (QED) is 0.680. The molecule has 0 fully saturated rings. The first kappa shape index (κ1) is 9.25. The van der Waals surface area contributed by atoms with Gasteiger partial charge in [-0.3, -0.25) is 4.79 Å². The minimum atomic E-state index is 0.177. The van der Waals surface area contributed by atoms with Crippen LogP contribution in [0.1, 0.15) is 29.3 Å². The van der Waals surface area contributed by atoms with Gasteiger partial charge in [-0.25, -0.2) is 0 Å². The van der Waals surface area contributed by atoms with Gasteiger partial charge in [0.1, 0.15) is 5.75 Å². The van der Waals surface area contributed by atoms with Crippen molar-refractivity contribution in [3.63, 3.8) is 0 Å². The fourth-order valence-corrected chi connectivity index (χ4v) is 1.91. The topological polar surface area (TPSA) is 26.3 Å². The van der Waals surface area contributed by atoms with Gasteiger partial charge < -0.3 is 4.74 Å². The number of ketones is 1. The van der Waals surface area contributed by atoms with Gasteiger partial charge in [0, 0.05) is 11.5 Å². The number of ether oxygens (including phenoxy) is 1. The van der Waals surface area contributed by atoms with E-state index >= 15 is 0 Å².